The quantitative estimate of drug-likeness (QED) is 0.466. The minimum Gasteiger partial charge on any atom is -0.352 e. The number of hydroxylamine groups is 2. The van der Waals surface area contributed by atoms with Crippen molar-refractivity contribution in [2.45, 2.75) is 13.8 Å². The van der Waals surface area contributed by atoms with Crippen LogP contribution in [0.1, 0.15) is 13.8 Å². The van der Waals surface area contributed by atoms with E-state index in [9.17, 15) is 0 Å². The molecule has 0 aromatic heterocycles. The van der Waals surface area contributed by atoms with Crippen LogP contribution in [0.25, 0.3) is 0 Å². The smallest absolute Gasteiger partial charge is 0.290 e. The lowest BCUT2D eigenvalue weighted by molar-refractivity contribution is 0.222. The highest BCUT2D eigenvalue weighted by Gasteiger charge is 2.03. The fraction of sp³-hybridized carbons (Fsp3) is 0.143. The van der Waals surface area contributed by atoms with Gasteiger partial charge >= 0.3 is 0 Å². The van der Waals surface area contributed by atoms with E-state index < -0.39 is 0 Å². The fourth-order valence-electron chi connectivity index (χ4n) is 1.23. The summed E-state index contributed by atoms with van der Waals surface area (Å²) in [6.45, 7) is 10.8. The molecule has 0 heterocycles. The van der Waals surface area contributed by atoms with Gasteiger partial charge in [0.05, 0.1) is 0 Å². The zero-order valence-corrected chi connectivity index (χ0v) is 14.0. The Morgan fingerprint density at radius 1 is 0.909 bits per heavy atom. The van der Waals surface area contributed by atoms with Crippen molar-refractivity contribution >= 4 is 46.2 Å². The molecule has 0 atom stereocenters. The maximum Gasteiger partial charge on any atom is 0.290 e. The van der Waals surface area contributed by atoms with Crippen LogP contribution in [0.3, 0.4) is 0 Å². The van der Waals surface area contributed by atoms with Crippen molar-refractivity contribution in [3.8, 4) is 0 Å². The van der Waals surface area contributed by atoms with Crippen LogP contribution in [0.15, 0.2) is 48.8 Å². The summed E-state index contributed by atoms with van der Waals surface area (Å²) in [6, 6.07) is 7.29. The molecular weight excluding hydrogens is 320 g/mol. The molecule has 0 fully saturated rings. The average Bonchev–Trinajstić information content (AvgIpc) is 2.43. The minimum atomic E-state index is 0.169. The molecule has 8 heteroatoms. The van der Waals surface area contributed by atoms with Crippen LogP contribution in [0, 0.1) is 0 Å². The van der Waals surface area contributed by atoms with Crippen molar-refractivity contribution in [2.75, 3.05) is 10.6 Å². The molecule has 1 aromatic rings. The summed E-state index contributed by atoms with van der Waals surface area (Å²) in [5, 5.41) is 6.16. The molecule has 118 valence electrons. The first kappa shape index (κ1) is 17.7. The molecule has 0 unspecified atom stereocenters. The van der Waals surface area contributed by atoms with Gasteiger partial charge in [0.15, 0.2) is 0 Å². The molecule has 22 heavy (non-hydrogen) atoms. The van der Waals surface area contributed by atoms with Gasteiger partial charge in [0.2, 0.25) is 0 Å². The molecular formula is C14H18N4O2S2. The standard InChI is InChI=1S/C14H18N4O2S2/c1-9(2)17-19-13(21)15-11-6-5-7-12(8-11)16-14(22)20-18-10(3)4/h5-8,17-18H,1,3H2,2,4H3,(H,15,21)(H,16,22). The fourth-order valence-corrected chi connectivity index (χ4v) is 1.55. The number of hydrogen-bond acceptors (Lipinski definition) is 6. The normalized spacial score (nSPS) is 9.18. The molecule has 0 saturated carbocycles. The Labute approximate surface area is 140 Å². The van der Waals surface area contributed by atoms with E-state index >= 15 is 0 Å². The third-order valence-electron chi connectivity index (χ3n) is 1.99. The van der Waals surface area contributed by atoms with Gasteiger partial charge in [0.25, 0.3) is 10.3 Å². The van der Waals surface area contributed by atoms with Gasteiger partial charge < -0.3 is 20.3 Å². The number of allylic oxidation sites excluding steroid dienone is 2. The number of nitrogens with one attached hydrogen (secondary N) is 4. The topological polar surface area (TPSA) is 66.6 Å². The summed E-state index contributed by atoms with van der Waals surface area (Å²) in [4.78, 5) is 10.1. The zero-order valence-electron chi connectivity index (χ0n) is 12.4. The number of hydrogen-bond donors (Lipinski definition) is 4. The maximum atomic E-state index is 5.07. The molecule has 6 nitrogen and oxygen atoms in total. The van der Waals surface area contributed by atoms with Crippen molar-refractivity contribution in [1.82, 2.24) is 11.0 Å². The first-order valence-electron chi connectivity index (χ1n) is 6.25. The number of anilines is 2. The van der Waals surface area contributed by atoms with Crippen LogP contribution in [0.5, 0.6) is 0 Å². The summed E-state index contributed by atoms with van der Waals surface area (Å²) in [6.07, 6.45) is 0. The van der Waals surface area contributed by atoms with Crippen molar-refractivity contribution in [1.29, 1.82) is 0 Å². The van der Waals surface area contributed by atoms with Gasteiger partial charge in [-0.2, -0.15) is 0 Å². The van der Waals surface area contributed by atoms with Crippen LogP contribution >= 0.6 is 24.4 Å². The van der Waals surface area contributed by atoms with E-state index in [0.29, 0.717) is 11.4 Å². The highest BCUT2D eigenvalue weighted by molar-refractivity contribution is 7.80. The summed E-state index contributed by atoms with van der Waals surface area (Å²) in [5.74, 6) is 0. The predicted molar refractivity (Wildman–Crippen MR) is 97.0 cm³/mol. The van der Waals surface area contributed by atoms with E-state index in [-0.39, 0.29) is 10.3 Å². The highest BCUT2D eigenvalue weighted by Crippen LogP contribution is 2.15. The lowest BCUT2D eigenvalue weighted by Crippen LogP contribution is -2.23. The van der Waals surface area contributed by atoms with Gasteiger partial charge in [-0.15, -0.1) is 0 Å². The summed E-state index contributed by atoms with van der Waals surface area (Å²) in [7, 11) is 0. The van der Waals surface area contributed by atoms with Crippen LogP contribution < -0.4 is 21.6 Å². The number of benzene rings is 1. The first-order chi connectivity index (χ1) is 10.4. The van der Waals surface area contributed by atoms with Gasteiger partial charge in [-0.3, -0.25) is 0 Å². The molecule has 0 radical (unpaired) electrons. The second-order valence-corrected chi connectivity index (χ2v) is 5.12. The van der Waals surface area contributed by atoms with E-state index in [1.54, 1.807) is 19.9 Å². The number of thiocarbonyl (C=S) groups is 2. The van der Waals surface area contributed by atoms with E-state index in [1.807, 2.05) is 18.2 Å². The summed E-state index contributed by atoms with van der Waals surface area (Å²) >= 11 is 10.1. The highest BCUT2D eigenvalue weighted by atomic mass is 32.1. The van der Waals surface area contributed by atoms with E-state index in [2.05, 4.69) is 34.8 Å². The molecule has 1 rings (SSSR count). The van der Waals surface area contributed by atoms with Crippen molar-refractivity contribution in [3.63, 3.8) is 0 Å². The molecule has 0 spiro atoms. The minimum absolute atomic E-state index is 0.169. The molecule has 0 saturated heterocycles. The molecule has 1 aromatic carbocycles. The second kappa shape index (κ2) is 8.85. The lowest BCUT2D eigenvalue weighted by atomic mass is 10.3. The summed E-state index contributed by atoms with van der Waals surface area (Å²) in [5.41, 5.74) is 7.89. The Morgan fingerprint density at radius 2 is 1.32 bits per heavy atom. The Kier molecular flexibility index (Phi) is 7.14. The molecule has 0 bridgehead atoms. The average molecular weight is 338 g/mol. The lowest BCUT2D eigenvalue weighted by Gasteiger charge is -2.13. The van der Waals surface area contributed by atoms with Gasteiger partial charge in [-0.05, 0) is 56.5 Å². The molecule has 0 aliphatic rings. The van der Waals surface area contributed by atoms with Crippen molar-refractivity contribution < 1.29 is 9.68 Å². The van der Waals surface area contributed by atoms with Gasteiger partial charge in [0, 0.05) is 22.8 Å². The molecule has 0 amide bonds. The van der Waals surface area contributed by atoms with Crippen molar-refractivity contribution in [2.24, 2.45) is 0 Å². The zero-order chi connectivity index (χ0) is 16.5. The van der Waals surface area contributed by atoms with Crippen LogP contribution in [0.4, 0.5) is 11.4 Å². The van der Waals surface area contributed by atoms with E-state index in [0.717, 1.165) is 11.4 Å². The van der Waals surface area contributed by atoms with Crippen LogP contribution in [0.2, 0.25) is 0 Å². The van der Waals surface area contributed by atoms with E-state index in [4.69, 9.17) is 34.1 Å². The monoisotopic (exact) mass is 338 g/mol. The Morgan fingerprint density at radius 3 is 1.68 bits per heavy atom. The van der Waals surface area contributed by atoms with Gasteiger partial charge in [-0.25, -0.2) is 11.0 Å². The number of rotatable bonds is 6. The summed E-state index contributed by atoms with van der Waals surface area (Å²) < 4.78 is 0. The maximum absolute atomic E-state index is 5.07. The molecule has 0 aliphatic heterocycles. The van der Waals surface area contributed by atoms with Gasteiger partial charge in [-0.1, -0.05) is 19.2 Å². The van der Waals surface area contributed by atoms with E-state index in [1.165, 1.54) is 0 Å². The van der Waals surface area contributed by atoms with Crippen LogP contribution in [-0.2, 0) is 9.68 Å². The first-order valence-corrected chi connectivity index (χ1v) is 7.07. The molecule has 4 N–H and O–H groups in total. The second-order valence-electron chi connectivity index (χ2n) is 4.37. The Bertz CT molecular complexity index is 543. The Hall–Kier alpha value is -2.32. The third-order valence-corrected chi connectivity index (χ3v) is 2.36. The predicted octanol–water partition coefficient (Wildman–Crippen LogP) is 3.19. The van der Waals surface area contributed by atoms with Gasteiger partial charge in [0.1, 0.15) is 0 Å². The Balaban J connectivity index is 2.54. The molecule has 0 aliphatic carbocycles. The SMILES string of the molecule is C=C(C)NOC(=S)Nc1cccc(NC(=S)ONC(=C)C)c1. The van der Waals surface area contributed by atoms with Crippen molar-refractivity contribution in [3.05, 3.63) is 48.8 Å². The third kappa shape index (κ3) is 7.46. The van der Waals surface area contributed by atoms with Crippen LogP contribution in [-0.4, -0.2) is 10.3 Å². The largest absolute Gasteiger partial charge is 0.352 e.